The zero-order valence-electron chi connectivity index (χ0n) is 25.8. The first-order valence-corrected chi connectivity index (χ1v) is 13.8. The van der Waals surface area contributed by atoms with Crippen molar-refractivity contribution >= 4 is 24.1 Å². The van der Waals surface area contributed by atoms with E-state index in [0.717, 1.165) is 12.8 Å². The fourth-order valence-electron chi connectivity index (χ4n) is 5.05. The van der Waals surface area contributed by atoms with Gasteiger partial charge in [0.05, 0.1) is 25.0 Å². The van der Waals surface area contributed by atoms with Crippen molar-refractivity contribution in [3.8, 4) is 0 Å². The van der Waals surface area contributed by atoms with Gasteiger partial charge in [-0.1, -0.05) is 12.2 Å². The number of rotatable bonds is 6. The summed E-state index contributed by atoms with van der Waals surface area (Å²) in [4.78, 5) is 51.6. The molecule has 2 aliphatic heterocycles. The van der Waals surface area contributed by atoms with E-state index in [9.17, 15) is 19.2 Å². The molecule has 0 aliphatic carbocycles. The smallest absolute Gasteiger partial charge is 0.410 e. The Bertz CT molecular complexity index is 846. The molecule has 2 rings (SSSR count). The Morgan fingerprint density at radius 3 is 1.27 bits per heavy atom. The Labute approximate surface area is 240 Å². The monoisotopic (exact) mass is 566 g/mol. The Morgan fingerprint density at radius 2 is 1.02 bits per heavy atom. The minimum absolute atomic E-state index is 0.286. The summed E-state index contributed by atoms with van der Waals surface area (Å²) in [5.74, 6) is -0.573. The summed E-state index contributed by atoms with van der Waals surface area (Å²) in [6, 6.07) is 0. The summed E-state index contributed by atoms with van der Waals surface area (Å²) in [7, 11) is 2.75. The lowest BCUT2D eigenvalue weighted by Crippen LogP contribution is -2.51. The van der Waals surface area contributed by atoms with Crippen molar-refractivity contribution in [1.29, 1.82) is 0 Å². The Balaban J connectivity index is 0.000000400. The van der Waals surface area contributed by atoms with Crippen LogP contribution in [0.2, 0.25) is 0 Å². The van der Waals surface area contributed by atoms with E-state index in [4.69, 9.17) is 18.9 Å². The van der Waals surface area contributed by atoms with Gasteiger partial charge in [0, 0.05) is 26.2 Å². The second-order valence-electron chi connectivity index (χ2n) is 12.5. The van der Waals surface area contributed by atoms with E-state index in [1.54, 1.807) is 22.0 Å². The third kappa shape index (κ3) is 10.2. The zero-order chi connectivity index (χ0) is 30.8. The van der Waals surface area contributed by atoms with Gasteiger partial charge in [-0.05, 0) is 80.1 Å². The number of amides is 2. The molecule has 0 radical (unpaired) electrons. The van der Waals surface area contributed by atoms with Gasteiger partial charge in [0.1, 0.15) is 11.2 Å². The minimum Gasteiger partial charge on any atom is -0.469 e. The molecular formula is C30H50N2O8. The van der Waals surface area contributed by atoms with E-state index in [2.05, 4.69) is 13.2 Å². The van der Waals surface area contributed by atoms with Crippen LogP contribution in [0.5, 0.6) is 0 Å². The van der Waals surface area contributed by atoms with Crippen LogP contribution in [0.1, 0.15) is 80.1 Å². The van der Waals surface area contributed by atoms with Crippen molar-refractivity contribution in [1.82, 2.24) is 9.80 Å². The SMILES string of the molecule is C=CCC1(C(=O)OC)CCCN(C(=O)OC(C)(C)C)C1.C=CCC1(C(=O)OC)CCCN(C(=O)OC(C)(C)C)C1. The number of piperidine rings is 2. The van der Waals surface area contributed by atoms with E-state index in [0.29, 0.717) is 51.9 Å². The van der Waals surface area contributed by atoms with Crippen LogP contribution in [-0.4, -0.2) is 85.5 Å². The Morgan fingerprint density at radius 1 is 0.700 bits per heavy atom. The van der Waals surface area contributed by atoms with Gasteiger partial charge in [-0.3, -0.25) is 9.59 Å². The zero-order valence-corrected chi connectivity index (χ0v) is 25.8. The Kier molecular flexibility index (Phi) is 12.7. The second-order valence-corrected chi connectivity index (χ2v) is 12.5. The first-order chi connectivity index (χ1) is 18.5. The van der Waals surface area contributed by atoms with Gasteiger partial charge < -0.3 is 28.7 Å². The average molecular weight is 567 g/mol. The van der Waals surface area contributed by atoms with Gasteiger partial charge >= 0.3 is 24.1 Å². The number of likely N-dealkylation sites (tertiary alicyclic amines) is 2. The fraction of sp³-hybridized carbons (Fsp3) is 0.733. The summed E-state index contributed by atoms with van der Waals surface area (Å²) in [6.45, 7) is 20.2. The summed E-state index contributed by atoms with van der Waals surface area (Å²) >= 11 is 0. The van der Waals surface area contributed by atoms with Crippen LogP contribution in [0.15, 0.2) is 25.3 Å². The molecule has 0 aromatic heterocycles. The van der Waals surface area contributed by atoms with Crippen LogP contribution < -0.4 is 0 Å². The van der Waals surface area contributed by atoms with Crippen molar-refractivity contribution in [2.75, 3.05) is 40.4 Å². The second kappa shape index (κ2) is 14.6. The van der Waals surface area contributed by atoms with E-state index < -0.39 is 22.0 Å². The minimum atomic E-state index is -0.689. The molecule has 40 heavy (non-hydrogen) atoms. The molecule has 0 spiro atoms. The molecule has 0 aromatic rings. The maximum Gasteiger partial charge on any atom is 0.410 e. The number of ether oxygens (including phenoxy) is 4. The summed E-state index contributed by atoms with van der Waals surface area (Å²) in [5, 5.41) is 0. The molecule has 2 atom stereocenters. The molecule has 2 heterocycles. The number of carbonyl (C=O) groups is 4. The number of hydrogen-bond donors (Lipinski definition) is 0. The molecule has 228 valence electrons. The highest BCUT2D eigenvalue weighted by molar-refractivity contribution is 5.79. The first kappa shape index (κ1) is 35.0. The van der Waals surface area contributed by atoms with Crippen LogP contribution in [0, 0.1) is 10.8 Å². The molecule has 2 amide bonds. The maximum absolute atomic E-state index is 12.1. The predicted molar refractivity (Wildman–Crippen MR) is 153 cm³/mol. The third-order valence-electron chi connectivity index (χ3n) is 6.76. The van der Waals surface area contributed by atoms with Crippen molar-refractivity contribution in [2.24, 2.45) is 10.8 Å². The largest absolute Gasteiger partial charge is 0.469 e. The summed E-state index contributed by atoms with van der Waals surface area (Å²) < 4.78 is 20.6. The van der Waals surface area contributed by atoms with Crippen LogP contribution >= 0.6 is 0 Å². The first-order valence-electron chi connectivity index (χ1n) is 13.8. The molecule has 0 bridgehead atoms. The summed E-state index contributed by atoms with van der Waals surface area (Å²) in [5.41, 5.74) is -2.46. The van der Waals surface area contributed by atoms with Gasteiger partial charge in [-0.15, -0.1) is 13.2 Å². The molecule has 2 aliphatic rings. The number of esters is 2. The standard InChI is InChI=1S/2C15H25NO4/c2*1-6-8-15(12(17)19-5)9-7-10-16(11-15)13(18)20-14(2,3)4/h2*6H,1,7-11H2,2-5H3. The van der Waals surface area contributed by atoms with Gasteiger partial charge in [-0.2, -0.15) is 0 Å². The maximum atomic E-state index is 12.1. The van der Waals surface area contributed by atoms with Gasteiger partial charge in [-0.25, -0.2) is 9.59 Å². The average Bonchev–Trinajstić information content (AvgIpc) is 2.86. The molecule has 2 unspecified atom stereocenters. The lowest BCUT2D eigenvalue weighted by molar-refractivity contribution is -0.156. The topological polar surface area (TPSA) is 112 Å². The summed E-state index contributed by atoms with van der Waals surface area (Å²) in [6.07, 6.45) is 6.55. The predicted octanol–water partition coefficient (Wildman–Crippen LogP) is 5.51. The number of methoxy groups -OCH3 is 2. The molecule has 10 nitrogen and oxygen atoms in total. The van der Waals surface area contributed by atoms with E-state index >= 15 is 0 Å². The lowest BCUT2D eigenvalue weighted by Gasteiger charge is -2.40. The molecule has 2 fully saturated rings. The van der Waals surface area contributed by atoms with Gasteiger partial charge in [0.15, 0.2) is 0 Å². The highest BCUT2D eigenvalue weighted by atomic mass is 16.6. The molecular weight excluding hydrogens is 516 g/mol. The van der Waals surface area contributed by atoms with E-state index in [-0.39, 0.29) is 24.1 Å². The highest BCUT2D eigenvalue weighted by Gasteiger charge is 2.45. The number of nitrogens with zero attached hydrogens (tertiary/aromatic N) is 2. The van der Waals surface area contributed by atoms with Crippen molar-refractivity contribution < 1.29 is 38.1 Å². The third-order valence-corrected chi connectivity index (χ3v) is 6.76. The van der Waals surface area contributed by atoms with Gasteiger partial charge in [0.25, 0.3) is 0 Å². The molecule has 0 N–H and O–H groups in total. The van der Waals surface area contributed by atoms with Crippen molar-refractivity contribution in [3.63, 3.8) is 0 Å². The molecule has 0 saturated carbocycles. The molecule has 10 heteroatoms. The normalized spacial score (nSPS) is 23.1. The number of allylic oxidation sites excluding steroid dienone is 2. The van der Waals surface area contributed by atoms with Crippen LogP contribution in [0.3, 0.4) is 0 Å². The van der Waals surface area contributed by atoms with E-state index in [1.165, 1.54) is 14.2 Å². The van der Waals surface area contributed by atoms with Crippen LogP contribution in [-0.2, 0) is 28.5 Å². The Hall–Kier alpha value is -3.04. The van der Waals surface area contributed by atoms with E-state index in [1.807, 2.05) is 41.5 Å². The van der Waals surface area contributed by atoms with Crippen molar-refractivity contribution in [2.45, 2.75) is 91.3 Å². The van der Waals surface area contributed by atoms with Crippen LogP contribution in [0.25, 0.3) is 0 Å². The highest BCUT2D eigenvalue weighted by Crippen LogP contribution is 2.37. The van der Waals surface area contributed by atoms with Crippen LogP contribution in [0.4, 0.5) is 9.59 Å². The lowest BCUT2D eigenvalue weighted by atomic mass is 9.77. The van der Waals surface area contributed by atoms with Crippen molar-refractivity contribution in [3.05, 3.63) is 25.3 Å². The quantitative estimate of drug-likeness (QED) is 0.235. The fourth-order valence-corrected chi connectivity index (χ4v) is 5.05. The number of hydrogen-bond acceptors (Lipinski definition) is 8. The number of carbonyl (C=O) groups excluding carboxylic acids is 4. The molecule has 2 saturated heterocycles. The molecule has 0 aromatic carbocycles. The van der Waals surface area contributed by atoms with Gasteiger partial charge in [0.2, 0.25) is 0 Å².